The molecule has 3 heterocycles. The highest BCUT2D eigenvalue weighted by molar-refractivity contribution is 7.08. The Bertz CT molecular complexity index is 1030. The van der Waals surface area contributed by atoms with Crippen LogP contribution in [0.3, 0.4) is 0 Å². The van der Waals surface area contributed by atoms with E-state index in [1.54, 1.807) is 16.2 Å². The van der Waals surface area contributed by atoms with Crippen LogP contribution in [0, 0.1) is 0 Å². The van der Waals surface area contributed by atoms with E-state index in [1.165, 1.54) is 0 Å². The summed E-state index contributed by atoms with van der Waals surface area (Å²) >= 11 is 7.95. The minimum Gasteiger partial charge on any atom is -0.444 e. The van der Waals surface area contributed by atoms with Crippen LogP contribution in [-0.2, 0) is 4.74 Å². The third-order valence-electron chi connectivity index (χ3n) is 4.80. The molecule has 29 heavy (non-hydrogen) atoms. The van der Waals surface area contributed by atoms with Gasteiger partial charge in [0, 0.05) is 36.3 Å². The highest BCUT2D eigenvalue weighted by Crippen LogP contribution is 2.36. The predicted octanol–water partition coefficient (Wildman–Crippen LogP) is 5.66. The minimum absolute atomic E-state index is 0.0457. The fourth-order valence-corrected chi connectivity index (χ4v) is 4.34. The number of halogens is 1. The standard InChI is InChI=1S/C21H24ClN3O3S/c1-13-11-24(20(26)28-21(2,3)4)6-7-25(13)19-23-17-10-15(22)9-16(18(17)27-19)14-5-8-29-12-14/h5,8-10,12-13H,6-7,11H2,1-4H3. The van der Waals surface area contributed by atoms with E-state index >= 15 is 0 Å². The van der Waals surface area contributed by atoms with Gasteiger partial charge in [0.2, 0.25) is 0 Å². The van der Waals surface area contributed by atoms with E-state index in [9.17, 15) is 4.79 Å². The van der Waals surface area contributed by atoms with Gasteiger partial charge < -0.3 is 19.0 Å². The van der Waals surface area contributed by atoms with Crippen molar-refractivity contribution in [1.82, 2.24) is 9.88 Å². The molecule has 1 fully saturated rings. The third kappa shape index (κ3) is 4.21. The number of carbonyl (C=O) groups is 1. The van der Waals surface area contributed by atoms with Crippen LogP contribution in [0.1, 0.15) is 27.7 Å². The molecule has 0 saturated carbocycles. The first kappa shape index (κ1) is 20.0. The lowest BCUT2D eigenvalue weighted by Crippen LogP contribution is -2.54. The van der Waals surface area contributed by atoms with Gasteiger partial charge in [0.05, 0.1) is 0 Å². The molecule has 1 aromatic carbocycles. The summed E-state index contributed by atoms with van der Waals surface area (Å²) in [6.45, 7) is 9.39. The Labute approximate surface area is 179 Å². The molecular weight excluding hydrogens is 410 g/mol. The van der Waals surface area contributed by atoms with Gasteiger partial charge in [0.1, 0.15) is 11.1 Å². The SMILES string of the molecule is CC1CN(C(=O)OC(C)(C)C)CCN1c1nc2cc(Cl)cc(-c3ccsc3)c2o1. The number of ether oxygens (including phenoxy) is 1. The minimum atomic E-state index is -0.505. The molecule has 3 aromatic rings. The quantitative estimate of drug-likeness (QED) is 0.522. The molecule has 1 amide bonds. The molecule has 154 valence electrons. The fraction of sp³-hybridized carbons (Fsp3) is 0.429. The van der Waals surface area contributed by atoms with Crippen LogP contribution < -0.4 is 4.90 Å². The molecule has 0 spiro atoms. The zero-order valence-corrected chi connectivity index (χ0v) is 18.5. The Morgan fingerprint density at radius 1 is 1.34 bits per heavy atom. The Kier molecular flexibility index (Phi) is 5.21. The van der Waals surface area contributed by atoms with E-state index < -0.39 is 5.60 Å². The number of rotatable bonds is 2. The van der Waals surface area contributed by atoms with Crippen molar-refractivity contribution >= 4 is 46.1 Å². The van der Waals surface area contributed by atoms with E-state index in [4.69, 9.17) is 25.7 Å². The van der Waals surface area contributed by atoms with Crippen molar-refractivity contribution in [2.45, 2.75) is 39.3 Å². The molecule has 1 aliphatic heterocycles. The van der Waals surface area contributed by atoms with Gasteiger partial charge in [-0.05, 0) is 62.2 Å². The fourth-order valence-electron chi connectivity index (χ4n) is 3.48. The van der Waals surface area contributed by atoms with E-state index in [0.717, 1.165) is 22.2 Å². The van der Waals surface area contributed by atoms with Crippen LogP contribution in [0.5, 0.6) is 0 Å². The van der Waals surface area contributed by atoms with Gasteiger partial charge in [0.25, 0.3) is 6.01 Å². The number of hydrogen-bond acceptors (Lipinski definition) is 6. The molecule has 1 unspecified atom stereocenters. The van der Waals surface area contributed by atoms with Crippen molar-refractivity contribution in [3.05, 3.63) is 34.0 Å². The number of anilines is 1. The maximum Gasteiger partial charge on any atom is 0.410 e. The van der Waals surface area contributed by atoms with Crippen molar-refractivity contribution in [1.29, 1.82) is 0 Å². The Hall–Kier alpha value is -2.25. The van der Waals surface area contributed by atoms with Gasteiger partial charge in [-0.1, -0.05) is 11.6 Å². The molecule has 1 atom stereocenters. The number of oxazole rings is 1. The van der Waals surface area contributed by atoms with Crippen molar-refractivity contribution in [3.8, 4) is 11.1 Å². The molecule has 4 rings (SSSR count). The molecule has 2 aromatic heterocycles. The lowest BCUT2D eigenvalue weighted by atomic mass is 10.1. The van der Waals surface area contributed by atoms with Crippen molar-refractivity contribution in [2.24, 2.45) is 0 Å². The first-order chi connectivity index (χ1) is 13.7. The molecule has 0 radical (unpaired) electrons. The lowest BCUT2D eigenvalue weighted by Gasteiger charge is -2.39. The second-order valence-corrected chi connectivity index (χ2v) is 9.50. The molecular formula is C21H24ClN3O3S. The number of nitrogens with zero attached hydrogens (tertiary/aromatic N) is 3. The summed E-state index contributed by atoms with van der Waals surface area (Å²) in [5.41, 5.74) is 2.95. The van der Waals surface area contributed by atoms with Crippen molar-refractivity contribution in [3.63, 3.8) is 0 Å². The van der Waals surface area contributed by atoms with Crippen LogP contribution in [-0.4, -0.2) is 47.3 Å². The number of thiophene rings is 1. The molecule has 0 N–H and O–H groups in total. The van der Waals surface area contributed by atoms with Gasteiger partial charge in [-0.2, -0.15) is 16.3 Å². The summed E-state index contributed by atoms with van der Waals surface area (Å²) in [4.78, 5) is 20.9. The largest absolute Gasteiger partial charge is 0.444 e. The highest BCUT2D eigenvalue weighted by Gasteiger charge is 2.32. The molecule has 0 bridgehead atoms. The van der Waals surface area contributed by atoms with Gasteiger partial charge in [-0.15, -0.1) is 0 Å². The zero-order valence-electron chi connectivity index (χ0n) is 16.9. The molecule has 8 heteroatoms. The van der Waals surface area contributed by atoms with Crippen LogP contribution >= 0.6 is 22.9 Å². The van der Waals surface area contributed by atoms with E-state index in [1.807, 2.05) is 44.4 Å². The zero-order chi connectivity index (χ0) is 20.8. The summed E-state index contributed by atoms with van der Waals surface area (Å²) in [5, 5.41) is 4.72. The second-order valence-electron chi connectivity index (χ2n) is 8.28. The number of fused-ring (bicyclic) bond motifs is 1. The monoisotopic (exact) mass is 433 g/mol. The maximum atomic E-state index is 12.4. The lowest BCUT2D eigenvalue weighted by molar-refractivity contribution is 0.0216. The van der Waals surface area contributed by atoms with Crippen LogP contribution in [0.2, 0.25) is 5.02 Å². The van der Waals surface area contributed by atoms with Gasteiger partial charge in [-0.3, -0.25) is 0 Å². The Morgan fingerprint density at radius 2 is 2.14 bits per heavy atom. The van der Waals surface area contributed by atoms with Gasteiger partial charge >= 0.3 is 6.09 Å². The Morgan fingerprint density at radius 3 is 2.79 bits per heavy atom. The number of benzene rings is 1. The van der Waals surface area contributed by atoms with Crippen LogP contribution in [0.15, 0.2) is 33.4 Å². The molecule has 6 nitrogen and oxygen atoms in total. The van der Waals surface area contributed by atoms with E-state index in [-0.39, 0.29) is 12.1 Å². The third-order valence-corrected chi connectivity index (χ3v) is 5.70. The smallest absolute Gasteiger partial charge is 0.410 e. The molecule has 0 aliphatic carbocycles. The van der Waals surface area contributed by atoms with E-state index in [2.05, 4.69) is 17.2 Å². The first-order valence-electron chi connectivity index (χ1n) is 9.58. The Balaban J connectivity index is 1.58. The summed E-state index contributed by atoms with van der Waals surface area (Å²) in [5.74, 6) is 0. The number of carbonyl (C=O) groups excluding carboxylic acids is 1. The van der Waals surface area contributed by atoms with Gasteiger partial charge in [-0.25, -0.2) is 4.79 Å². The summed E-state index contributed by atoms with van der Waals surface area (Å²) < 4.78 is 11.7. The number of amides is 1. The van der Waals surface area contributed by atoms with Gasteiger partial charge in [0.15, 0.2) is 5.58 Å². The number of hydrogen-bond donors (Lipinski definition) is 0. The first-order valence-corrected chi connectivity index (χ1v) is 10.9. The second kappa shape index (κ2) is 7.54. The van der Waals surface area contributed by atoms with E-state index in [0.29, 0.717) is 30.7 Å². The average molecular weight is 434 g/mol. The van der Waals surface area contributed by atoms with Crippen LogP contribution in [0.25, 0.3) is 22.2 Å². The molecule has 1 aliphatic rings. The van der Waals surface area contributed by atoms with Crippen molar-refractivity contribution < 1.29 is 13.9 Å². The summed E-state index contributed by atoms with van der Waals surface area (Å²) in [6.07, 6.45) is -0.284. The number of piperazine rings is 1. The molecule has 1 saturated heterocycles. The highest BCUT2D eigenvalue weighted by atomic mass is 35.5. The average Bonchev–Trinajstić information content (AvgIpc) is 3.29. The van der Waals surface area contributed by atoms with Crippen LogP contribution in [0.4, 0.5) is 10.8 Å². The normalized spacial score (nSPS) is 17.8. The summed E-state index contributed by atoms with van der Waals surface area (Å²) in [6, 6.07) is 6.37. The predicted molar refractivity (Wildman–Crippen MR) is 117 cm³/mol. The number of aromatic nitrogens is 1. The summed E-state index contributed by atoms with van der Waals surface area (Å²) in [7, 11) is 0. The maximum absolute atomic E-state index is 12.4. The van der Waals surface area contributed by atoms with Crippen molar-refractivity contribution in [2.75, 3.05) is 24.5 Å². The topological polar surface area (TPSA) is 58.8 Å².